The van der Waals surface area contributed by atoms with E-state index >= 15 is 0 Å². The van der Waals surface area contributed by atoms with Gasteiger partial charge in [-0.15, -0.1) is 34.4 Å². The van der Waals surface area contributed by atoms with Crippen LogP contribution in [0.25, 0.3) is 10.4 Å². The van der Waals surface area contributed by atoms with Crippen LogP contribution in [0, 0.1) is 0 Å². The molecule has 0 bridgehead atoms. The molecule has 0 radical (unpaired) electrons. The van der Waals surface area contributed by atoms with Gasteiger partial charge in [0.15, 0.2) is 5.78 Å². The van der Waals surface area contributed by atoms with Crippen molar-refractivity contribution < 1.29 is 14.7 Å². The van der Waals surface area contributed by atoms with E-state index in [1.807, 2.05) is 12.1 Å². The third-order valence-electron chi connectivity index (χ3n) is 4.79. The molecule has 35 heavy (non-hydrogen) atoms. The van der Waals surface area contributed by atoms with E-state index in [0.717, 1.165) is 21.8 Å². The number of carbonyl (C=O) groups excluding carboxylic acids is 2. The number of rotatable bonds is 8. The van der Waals surface area contributed by atoms with Crippen LogP contribution in [0.15, 0.2) is 70.2 Å². The topological polar surface area (TPSA) is 91.7 Å². The SMILES string of the molecule is CC(=NNC(=O)c1ccc(C(=O)CSc2ccncc2)s1)c1csc(-c2ccc(Cl)c(Cl)c2)c1O. The lowest BCUT2D eigenvalue weighted by Gasteiger charge is -2.04. The van der Waals surface area contributed by atoms with E-state index in [4.69, 9.17) is 23.2 Å². The van der Waals surface area contributed by atoms with Gasteiger partial charge in [0, 0.05) is 22.7 Å². The lowest BCUT2D eigenvalue weighted by atomic mass is 10.1. The molecule has 0 atom stereocenters. The Balaban J connectivity index is 1.40. The molecular formula is C24H17Cl2N3O3S3. The van der Waals surface area contributed by atoms with Gasteiger partial charge in [-0.1, -0.05) is 29.3 Å². The minimum absolute atomic E-state index is 0.0413. The van der Waals surface area contributed by atoms with E-state index in [-0.39, 0.29) is 17.3 Å². The first-order valence-corrected chi connectivity index (χ1v) is 13.5. The number of aromatic nitrogens is 1. The molecule has 0 saturated heterocycles. The number of Topliss-reactive ketones (excluding diaryl/α,β-unsaturated/α-hetero) is 1. The summed E-state index contributed by atoms with van der Waals surface area (Å²) in [7, 11) is 0. The number of thiophene rings is 2. The lowest BCUT2D eigenvalue weighted by molar-refractivity contribution is 0.0958. The molecule has 0 aliphatic rings. The summed E-state index contributed by atoms with van der Waals surface area (Å²) in [6.07, 6.45) is 3.35. The number of carbonyl (C=O) groups is 2. The van der Waals surface area contributed by atoms with Crippen molar-refractivity contribution in [2.75, 3.05) is 5.75 Å². The van der Waals surface area contributed by atoms with Gasteiger partial charge in [0.1, 0.15) is 5.75 Å². The minimum Gasteiger partial charge on any atom is -0.506 e. The number of hydrogen-bond donors (Lipinski definition) is 2. The van der Waals surface area contributed by atoms with Gasteiger partial charge in [-0.2, -0.15) is 5.10 Å². The second-order valence-corrected chi connectivity index (χ2v) is 11.0. The fourth-order valence-corrected chi connectivity index (χ4v) is 5.96. The van der Waals surface area contributed by atoms with Crippen molar-refractivity contribution >= 4 is 75.0 Å². The van der Waals surface area contributed by atoms with Crippen molar-refractivity contribution in [2.24, 2.45) is 5.10 Å². The van der Waals surface area contributed by atoms with Gasteiger partial charge in [0.05, 0.1) is 41.7 Å². The molecule has 4 aromatic rings. The first kappa shape index (κ1) is 25.4. The van der Waals surface area contributed by atoms with Crippen molar-refractivity contribution in [1.82, 2.24) is 10.4 Å². The molecule has 0 saturated carbocycles. The standard InChI is InChI=1S/C24H17Cl2N3O3S3/c1-13(16-11-34-23(22(16)31)14-2-3-17(25)18(26)10-14)28-29-24(32)21-5-4-20(35-21)19(30)12-33-15-6-8-27-9-7-15/h2-11,31H,12H2,1H3,(H,29,32). The summed E-state index contributed by atoms with van der Waals surface area (Å²) in [4.78, 5) is 31.4. The second kappa shape index (κ2) is 11.4. The summed E-state index contributed by atoms with van der Waals surface area (Å²) < 4.78 is 0. The molecule has 4 rings (SSSR count). The number of nitrogens with one attached hydrogen (secondary N) is 1. The molecule has 0 aliphatic heterocycles. The molecule has 1 aromatic carbocycles. The second-order valence-electron chi connectivity index (χ2n) is 7.15. The van der Waals surface area contributed by atoms with E-state index in [0.29, 0.717) is 36.0 Å². The Morgan fingerprint density at radius 1 is 1.09 bits per heavy atom. The maximum atomic E-state index is 12.6. The summed E-state index contributed by atoms with van der Waals surface area (Å²) >= 11 is 15.9. The van der Waals surface area contributed by atoms with Crippen LogP contribution in [-0.2, 0) is 0 Å². The third kappa shape index (κ3) is 6.12. The lowest BCUT2D eigenvalue weighted by Crippen LogP contribution is -2.18. The molecule has 0 aliphatic carbocycles. The number of hydrazone groups is 1. The summed E-state index contributed by atoms with van der Waals surface area (Å²) in [5.41, 5.74) is 4.14. The zero-order valence-electron chi connectivity index (χ0n) is 18.1. The third-order valence-corrected chi connectivity index (χ3v) is 8.68. The largest absolute Gasteiger partial charge is 0.506 e. The Bertz CT molecular complexity index is 1420. The van der Waals surface area contributed by atoms with Crippen molar-refractivity contribution in [3.8, 4) is 16.2 Å². The Hall–Kier alpha value is -2.69. The number of aromatic hydroxyl groups is 1. The van der Waals surface area contributed by atoms with Crippen molar-refractivity contribution in [1.29, 1.82) is 0 Å². The van der Waals surface area contributed by atoms with Crippen molar-refractivity contribution in [3.63, 3.8) is 0 Å². The van der Waals surface area contributed by atoms with Gasteiger partial charge in [-0.25, -0.2) is 5.43 Å². The molecule has 0 unspecified atom stereocenters. The fourth-order valence-electron chi connectivity index (χ4n) is 2.96. The zero-order valence-corrected chi connectivity index (χ0v) is 22.1. The summed E-state index contributed by atoms with van der Waals surface area (Å²) in [5.74, 6) is -0.190. The summed E-state index contributed by atoms with van der Waals surface area (Å²) in [6.45, 7) is 1.68. The molecule has 6 nitrogen and oxygen atoms in total. The van der Waals surface area contributed by atoms with Crippen LogP contribution in [-0.4, -0.2) is 33.2 Å². The average molecular weight is 563 g/mol. The van der Waals surface area contributed by atoms with Crippen LogP contribution >= 0.6 is 57.6 Å². The molecule has 0 fully saturated rings. The molecule has 178 valence electrons. The number of thioether (sulfide) groups is 1. The van der Waals surface area contributed by atoms with Gasteiger partial charge in [-0.3, -0.25) is 14.6 Å². The molecule has 11 heteroatoms. The molecule has 3 heterocycles. The predicted molar refractivity (Wildman–Crippen MR) is 145 cm³/mol. The van der Waals surface area contributed by atoms with Crippen molar-refractivity contribution in [2.45, 2.75) is 11.8 Å². The van der Waals surface area contributed by atoms with Gasteiger partial charge >= 0.3 is 0 Å². The van der Waals surface area contributed by atoms with Gasteiger partial charge < -0.3 is 5.11 Å². The van der Waals surface area contributed by atoms with Crippen LogP contribution in [0.3, 0.4) is 0 Å². The maximum Gasteiger partial charge on any atom is 0.281 e. The van der Waals surface area contributed by atoms with E-state index in [2.05, 4.69) is 15.5 Å². The highest BCUT2D eigenvalue weighted by atomic mass is 35.5. The van der Waals surface area contributed by atoms with Crippen LogP contribution in [0.2, 0.25) is 10.0 Å². The number of ketones is 1. The van der Waals surface area contributed by atoms with Crippen LogP contribution < -0.4 is 5.43 Å². The zero-order chi connectivity index (χ0) is 24.9. The quantitative estimate of drug-likeness (QED) is 0.104. The average Bonchev–Trinajstić information content (AvgIpc) is 3.51. The molecular weight excluding hydrogens is 545 g/mol. The number of benzene rings is 1. The summed E-state index contributed by atoms with van der Waals surface area (Å²) in [5, 5.41) is 17.4. The van der Waals surface area contributed by atoms with Crippen LogP contribution in [0.5, 0.6) is 5.75 Å². The van der Waals surface area contributed by atoms with E-state index in [1.165, 1.54) is 23.1 Å². The number of hydrogen-bond acceptors (Lipinski definition) is 8. The monoisotopic (exact) mass is 561 g/mol. The van der Waals surface area contributed by atoms with Gasteiger partial charge in [-0.05, 0) is 48.9 Å². The Morgan fingerprint density at radius 2 is 1.83 bits per heavy atom. The summed E-state index contributed by atoms with van der Waals surface area (Å²) in [6, 6.07) is 12.0. The molecule has 1 amide bonds. The number of amides is 1. The minimum atomic E-state index is -0.436. The number of pyridine rings is 1. The molecule has 0 spiro atoms. The van der Waals surface area contributed by atoms with Gasteiger partial charge in [0.2, 0.25) is 0 Å². The van der Waals surface area contributed by atoms with Gasteiger partial charge in [0.25, 0.3) is 5.91 Å². The molecule has 3 aromatic heterocycles. The first-order chi connectivity index (χ1) is 16.8. The van der Waals surface area contributed by atoms with E-state index in [1.54, 1.807) is 55.0 Å². The highest BCUT2D eigenvalue weighted by Gasteiger charge is 2.17. The predicted octanol–water partition coefficient (Wildman–Crippen LogP) is 7.01. The smallest absolute Gasteiger partial charge is 0.281 e. The van der Waals surface area contributed by atoms with Crippen molar-refractivity contribution in [3.05, 3.63) is 85.6 Å². The van der Waals surface area contributed by atoms with Crippen LogP contribution in [0.4, 0.5) is 0 Å². The number of halogens is 2. The Labute approximate surface area is 223 Å². The van der Waals surface area contributed by atoms with Crippen LogP contribution in [0.1, 0.15) is 31.8 Å². The van der Waals surface area contributed by atoms with E-state index in [9.17, 15) is 14.7 Å². The first-order valence-electron chi connectivity index (χ1n) is 10.1. The Kier molecular flexibility index (Phi) is 8.25. The van der Waals surface area contributed by atoms with E-state index < -0.39 is 5.91 Å². The Morgan fingerprint density at radius 3 is 2.57 bits per heavy atom. The fraction of sp³-hybridized carbons (Fsp3) is 0.0833. The number of nitrogens with zero attached hydrogens (tertiary/aromatic N) is 2. The normalized spacial score (nSPS) is 11.5. The highest BCUT2D eigenvalue weighted by molar-refractivity contribution is 8.00. The molecule has 2 N–H and O–H groups in total. The maximum absolute atomic E-state index is 12.6. The highest BCUT2D eigenvalue weighted by Crippen LogP contribution is 2.40.